The van der Waals surface area contributed by atoms with Gasteiger partial charge in [0.2, 0.25) is 5.91 Å². The molecule has 5 heteroatoms. The predicted octanol–water partition coefficient (Wildman–Crippen LogP) is -0.595. The minimum atomic E-state index is -0.654. The monoisotopic (exact) mass is 242 g/mol. The lowest BCUT2D eigenvalue weighted by molar-refractivity contribution is -0.179. The summed E-state index contributed by atoms with van der Waals surface area (Å²) in [6, 6.07) is 0. The van der Waals surface area contributed by atoms with Gasteiger partial charge >= 0.3 is 0 Å². The first-order valence-corrected chi connectivity index (χ1v) is 6.20. The van der Waals surface area contributed by atoms with Gasteiger partial charge in [-0.1, -0.05) is 0 Å². The first-order valence-electron chi connectivity index (χ1n) is 6.20. The molecule has 0 aromatic heterocycles. The van der Waals surface area contributed by atoms with Crippen molar-refractivity contribution in [1.29, 1.82) is 0 Å². The molecule has 1 N–H and O–H groups in total. The lowest BCUT2D eigenvalue weighted by Gasteiger charge is -2.41. The summed E-state index contributed by atoms with van der Waals surface area (Å²) in [6.07, 6.45) is 1.15. The molecule has 2 saturated heterocycles. The van der Waals surface area contributed by atoms with Gasteiger partial charge in [-0.15, -0.1) is 0 Å². The molecule has 0 aliphatic carbocycles. The summed E-state index contributed by atoms with van der Waals surface area (Å²) in [5.41, 5.74) is -0.654. The van der Waals surface area contributed by atoms with Crippen molar-refractivity contribution < 1.29 is 14.6 Å². The lowest BCUT2D eigenvalue weighted by Crippen LogP contribution is -2.57. The Bertz CT molecular complexity index is 286. The number of rotatable bonds is 4. The Morgan fingerprint density at radius 1 is 1.59 bits per heavy atom. The summed E-state index contributed by atoms with van der Waals surface area (Å²) in [5.74, 6) is 0.589. The third-order valence-electron chi connectivity index (χ3n) is 3.88. The highest BCUT2D eigenvalue weighted by Crippen LogP contribution is 2.29. The van der Waals surface area contributed by atoms with E-state index in [4.69, 9.17) is 4.74 Å². The van der Waals surface area contributed by atoms with Crippen LogP contribution in [0.5, 0.6) is 0 Å². The van der Waals surface area contributed by atoms with Crippen molar-refractivity contribution in [3.05, 3.63) is 0 Å². The molecule has 1 atom stereocenters. The van der Waals surface area contributed by atoms with Gasteiger partial charge in [0, 0.05) is 20.1 Å². The minimum absolute atomic E-state index is 0.0285. The fourth-order valence-corrected chi connectivity index (χ4v) is 2.68. The first kappa shape index (κ1) is 12.8. The van der Waals surface area contributed by atoms with Gasteiger partial charge < -0.3 is 19.6 Å². The number of likely N-dealkylation sites (tertiary alicyclic amines) is 1. The van der Waals surface area contributed by atoms with Crippen molar-refractivity contribution in [1.82, 2.24) is 9.80 Å². The average Bonchev–Trinajstić information content (AvgIpc) is 2.63. The minimum Gasteiger partial charge on any atom is -0.395 e. The SMILES string of the molecule is CN1CCC(CN(C)C(=O)C2(CO)COC2)C1. The smallest absolute Gasteiger partial charge is 0.235 e. The average molecular weight is 242 g/mol. The van der Waals surface area contributed by atoms with E-state index in [1.807, 2.05) is 7.05 Å². The molecule has 0 radical (unpaired) electrons. The van der Waals surface area contributed by atoms with Crippen molar-refractivity contribution in [2.75, 3.05) is 53.6 Å². The van der Waals surface area contributed by atoms with E-state index in [1.165, 1.54) is 0 Å². The molecular formula is C12H22N2O3. The van der Waals surface area contributed by atoms with Crippen LogP contribution < -0.4 is 0 Å². The number of ether oxygens (including phenoxy) is 1. The number of hydrogen-bond donors (Lipinski definition) is 1. The lowest BCUT2D eigenvalue weighted by atomic mass is 9.85. The van der Waals surface area contributed by atoms with Crippen LogP contribution in [0.3, 0.4) is 0 Å². The molecule has 0 aromatic carbocycles. The summed E-state index contributed by atoms with van der Waals surface area (Å²) in [6.45, 7) is 3.56. The molecule has 2 aliphatic rings. The molecule has 98 valence electrons. The van der Waals surface area contributed by atoms with Crippen molar-refractivity contribution in [2.24, 2.45) is 11.3 Å². The molecule has 0 aromatic rings. The third kappa shape index (κ3) is 2.46. The standard InChI is InChI=1S/C12H22N2O3/c1-13-4-3-10(5-13)6-14(2)11(16)12(7-15)8-17-9-12/h10,15H,3-9H2,1-2H3. The molecule has 0 spiro atoms. The molecule has 17 heavy (non-hydrogen) atoms. The van der Waals surface area contributed by atoms with Crippen LogP contribution in [0.2, 0.25) is 0 Å². The zero-order valence-corrected chi connectivity index (χ0v) is 10.7. The van der Waals surface area contributed by atoms with E-state index in [2.05, 4.69) is 11.9 Å². The highest BCUT2D eigenvalue weighted by molar-refractivity contribution is 5.83. The molecule has 0 saturated carbocycles. The summed E-state index contributed by atoms with van der Waals surface area (Å²) < 4.78 is 5.07. The zero-order valence-electron chi connectivity index (χ0n) is 10.7. The maximum absolute atomic E-state index is 12.2. The molecule has 2 rings (SSSR count). The molecule has 1 amide bonds. The van der Waals surface area contributed by atoms with Crippen LogP contribution in [0.1, 0.15) is 6.42 Å². The number of amides is 1. The maximum Gasteiger partial charge on any atom is 0.235 e. The van der Waals surface area contributed by atoms with Crippen LogP contribution in [0, 0.1) is 11.3 Å². The molecular weight excluding hydrogens is 220 g/mol. The van der Waals surface area contributed by atoms with Crippen LogP contribution in [0.4, 0.5) is 0 Å². The largest absolute Gasteiger partial charge is 0.395 e. The van der Waals surface area contributed by atoms with Gasteiger partial charge in [-0.25, -0.2) is 0 Å². The second-order valence-corrected chi connectivity index (χ2v) is 5.53. The van der Waals surface area contributed by atoms with Crippen LogP contribution in [0.15, 0.2) is 0 Å². The first-order chi connectivity index (χ1) is 8.07. The normalized spacial score (nSPS) is 27.8. The van der Waals surface area contributed by atoms with Gasteiger partial charge in [-0.05, 0) is 25.9 Å². The fraction of sp³-hybridized carbons (Fsp3) is 0.917. The van der Waals surface area contributed by atoms with Gasteiger partial charge in [-0.3, -0.25) is 4.79 Å². The van der Waals surface area contributed by atoms with E-state index in [9.17, 15) is 9.90 Å². The van der Waals surface area contributed by atoms with E-state index >= 15 is 0 Å². The number of hydrogen-bond acceptors (Lipinski definition) is 4. The van der Waals surface area contributed by atoms with Crippen LogP contribution in [-0.4, -0.2) is 74.4 Å². The number of aliphatic hydroxyl groups excluding tert-OH is 1. The molecule has 2 fully saturated rings. The Morgan fingerprint density at radius 3 is 2.71 bits per heavy atom. The third-order valence-corrected chi connectivity index (χ3v) is 3.88. The number of nitrogens with zero attached hydrogens (tertiary/aromatic N) is 2. The van der Waals surface area contributed by atoms with E-state index in [0.29, 0.717) is 19.1 Å². The maximum atomic E-state index is 12.2. The van der Waals surface area contributed by atoms with E-state index in [1.54, 1.807) is 4.90 Å². The fourth-order valence-electron chi connectivity index (χ4n) is 2.68. The van der Waals surface area contributed by atoms with Gasteiger partial charge in [0.1, 0.15) is 5.41 Å². The van der Waals surface area contributed by atoms with Crippen molar-refractivity contribution in [2.45, 2.75) is 6.42 Å². The Balaban J connectivity index is 1.87. The van der Waals surface area contributed by atoms with Crippen LogP contribution >= 0.6 is 0 Å². The van der Waals surface area contributed by atoms with Gasteiger partial charge in [-0.2, -0.15) is 0 Å². The zero-order chi connectivity index (χ0) is 12.5. The second kappa shape index (κ2) is 4.92. The van der Waals surface area contributed by atoms with Gasteiger partial charge in [0.25, 0.3) is 0 Å². The van der Waals surface area contributed by atoms with Crippen molar-refractivity contribution >= 4 is 5.91 Å². The molecule has 2 aliphatic heterocycles. The molecule has 1 unspecified atom stereocenters. The number of carbonyl (C=O) groups is 1. The van der Waals surface area contributed by atoms with E-state index in [0.717, 1.165) is 26.1 Å². The summed E-state index contributed by atoms with van der Waals surface area (Å²) in [7, 11) is 3.94. The van der Waals surface area contributed by atoms with Gasteiger partial charge in [0.05, 0.1) is 19.8 Å². The molecule has 2 heterocycles. The topological polar surface area (TPSA) is 53.0 Å². The predicted molar refractivity (Wildman–Crippen MR) is 63.6 cm³/mol. The molecule has 5 nitrogen and oxygen atoms in total. The van der Waals surface area contributed by atoms with E-state index < -0.39 is 5.41 Å². The Hall–Kier alpha value is -0.650. The Morgan fingerprint density at radius 2 is 2.29 bits per heavy atom. The number of carbonyl (C=O) groups excluding carboxylic acids is 1. The van der Waals surface area contributed by atoms with E-state index in [-0.39, 0.29) is 12.5 Å². The quantitative estimate of drug-likeness (QED) is 0.715. The van der Waals surface area contributed by atoms with Gasteiger partial charge in [0.15, 0.2) is 0 Å². The summed E-state index contributed by atoms with van der Waals surface area (Å²) >= 11 is 0. The number of aliphatic hydroxyl groups is 1. The Labute approximate surface area is 102 Å². The summed E-state index contributed by atoms with van der Waals surface area (Å²) in [4.78, 5) is 16.3. The Kier molecular flexibility index (Phi) is 3.70. The van der Waals surface area contributed by atoms with Crippen LogP contribution in [-0.2, 0) is 9.53 Å². The highest BCUT2D eigenvalue weighted by Gasteiger charge is 2.47. The second-order valence-electron chi connectivity index (χ2n) is 5.53. The highest BCUT2D eigenvalue weighted by atomic mass is 16.5. The molecule has 0 bridgehead atoms. The van der Waals surface area contributed by atoms with Crippen molar-refractivity contribution in [3.8, 4) is 0 Å². The van der Waals surface area contributed by atoms with Crippen molar-refractivity contribution in [3.63, 3.8) is 0 Å². The summed E-state index contributed by atoms with van der Waals surface area (Å²) in [5, 5.41) is 9.32. The van der Waals surface area contributed by atoms with Crippen LogP contribution in [0.25, 0.3) is 0 Å².